The van der Waals surface area contributed by atoms with Gasteiger partial charge in [-0.2, -0.15) is 0 Å². The van der Waals surface area contributed by atoms with E-state index in [1.54, 1.807) is 24.3 Å². The van der Waals surface area contributed by atoms with Crippen molar-refractivity contribution in [3.63, 3.8) is 0 Å². The maximum Gasteiger partial charge on any atom is 0.227 e. The molecule has 2 heterocycles. The van der Waals surface area contributed by atoms with Crippen LogP contribution in [0, 0.1) is 5.92 Å². The number of fused-ring (bicyclic) bond motifs is 1. The third kappa shape index (κ3) is 3.24. The van der Waals surface area contributed by atoms with Crippen molar-refractivity contribution in [2.75, 3.05) is 11.9 Å². The number of ketones is 1. The second kappa shape index (κ2) is 7.05. The highest BCUT2D eigenvalue weighted by Crippen LogP contribution is 2.38. The smallest absolute Gasteiger partial charge is 0.227 e. The molecule has 3 rings (SSSR count). The van der Waals surface area contributed by atoms with Gasteiger partial charge in [0.15, 0.2) is 5.78 Å². The van der Waals surface area contributed by atoms with E-state index in [2.05, 4.69) is 10.6 Å². The van der Waals surface area contributed by atoms with Crippen LogP contribution in [0.4, 0.5) is 5.00 Å². The number of rotatable bonds is 4. The van der Waals surface area contributed by atoms with Crippen molar-refractivity contribution in [3.05, 3.63) is 50.9 Å². The lowest BCUT2D eigenvalue weighted by Crippen LogP contribution is -2.23. The van der Waals surface area contributed by atoms with Gasteiger partial charge < -0.3 is 10.6 Å². The third-order valence-corrected chi connectivity index (χ3v) is 5.51. The summed E-state index contributed by atoms with van der Waals surface area (Å²) in [5, 5.41) is 7.29. The lowest BCUT2D eigenvalue weighted by atomic mass is 9.96. The largest absolute Gasteiger partial charge is 0.317 e. The van der Waals surface area contributed by atoms with E-state index < -0.39 is 0 Å². The monoisotopic (exact) mass is 362 g/mol. The number of carbonyl (C=O) groups is 2. The maximum absolute atomic E-state index is 13.1. The summed E-state index contributed by atoms with van der Waals surface area (Å²) in [6.45, 7) is 5.21. The summed E-state index contributed by atoms with van der Waals surface area (Å²) < 4.78 is 0. The Morgan fingerprint density at radius 1 is 1.29 bits per heavy atom. The predicted molar refractivity (Wildman–Crippen MR) is 98.1 cm³/mol. The van der Waals surface area contributed by atoms with E-state index in [4.69, 9.17) is 11.6 Å². The Bertz CT molecular complexity index is 798. The van der Waals surface area contributed by atoms with Crippen LogP contribution in [0.5, 0.6) is 0 Å². The van der Waals surface area contributed by atoms with Crippen LogP contribution in [-0.4, -0.2) is 18.2 Å². The van der Waals surface area contributed by atoms with Gasteiger partial charge in [0.1, 0.15) is 5.00 Å². The minimum absolute atomic E-state index is 0.0882. The fourth-order valence-corrected chi connectivity index (χ4v) is 4.14. The Kier molecular flexibility index (Phi) is 5.04. The van der Waals surface area contributed by atoms with Gasteiger partial charge in [0, 0.05) is 22.9 Å². The van der Waals surface area contributed by atoms with Gasteiger partial charge in [-0.25, -0.2) is 0 Å². The summed E-state index contributed by atoms with van der Waals surface area (Å²) in [6, 6.07) is 7.03. The molecule has 0 bridgehead atoms. The van der Waals surface area contributed by atoms with E-state index >= 15 is 0 Å². The Hall–Kier alpha value is -1.69. The van der Waals surface area contributed by atoms with Crippen molar-refractivity contribution < 1.29 is 9.59 Å². The highest BCUT2D eigenvalue weighted by atomic mass is 35.5. The van der Waals surface area contributed by atoms with Crippen LogP contribution in [0.3, 0.4) is 0 Å². The van der Waals surface area contributed by atoms with E-state index in [0.717, 1.165) is 30.0 Å². The van der Waals surface area contributed by atoms with Gasteiger partial charge in [-0.05, 0) is 30.7 Å². The summed E-state index contributed by atoms with van der Waals surface area (Å²) in [7, 11) is 0. The number of hydrogen-bond acceptors (Lipinski definition) is 4. The molecule has 2 N–H and O–H groups in total. The molecular weight excluding hydrogens is 344 g/mol. The Balaban J connectivity index is 2.07. The first-order valence-electron chi connectivity index (χ1n) is 7.94. The van der Waals surface area contributed by atoms with E-state index in [1.165, 1.54) is 11.3 Å². The highest BCUT2D eigenvalue weighted by molar-refractivity contribution is 7.17. The molecule has 126 valence electrons. The van der Waals surface area contributed by atoms with Gasteiger partial charge >= 0.3 is 0 Å². The summed E-state index contributed by atoms with van der Waals surface area (Å²) in [5.41, 5.74) is 2.10. The van der Waals surface area contributed by atoms with Gasteiger partial charge in [-0.3, -0.25) is 9.59 Å². The molecule has 4 nitrogen and oxygen atoms in total. The summed E-state index contributed by atoms with van der Waals surface area (Å²) in [5.74, 6) is -0.362. The number of halogens is 1. The minimum Gasteiger partial charge on any atom is -0.317 e. The fourth-order valence-electron chi connectivity index (χ4n) is 2.70. The molecule has 0 atom stereocenters. The van der Waals surface area contributed by atoms with E-state index in [9.17, 15) is 9.59 Å². The standard InChI is InChI=1S/C18H19ClN2O2S/c1-10(2)17(23)21-18-15(12-7-8-20-9-14(12)24-18)16(22)11-5-3-4-6-13(11)19/h3-6,10,20H,7-9H2,1-2H3,(H,21,23). The number of hydrogen-bond donors (Lipinski definition) is 2. The molecule has 0 fully saturated rings. The molecule has 0 saturated carbocycles. The number of carbonyl (C=O) groups excluding carboxylic acids is 2. The zero-order valence-corrected chi connectivity index (χ0v) is 15.2. The molecule has 1 aromatic heterocycles. The molecule has 0 saturated heterocycles. The van der Waals surface area contributed by atoms with Crippen LogP contribution in [-0.2, 0) is 17.8 Å². The van der Waals surface area contributed by atoms with Crippen molar-refractivity contribution in [1.82, 2.24) is 5.32 Å². The second-order valence-corrected chi connectivity index (χ2v) is 7.60. The van der Waals surface area contributed by atoms with E-state index in [0.29, 0.717) is 21.2 Å². The van der Waals surface area contributed by atoms with Crippen molar-refractivity contribution in [3.8, 4) is 0 Å². The lowest BCUT2D eigenvalue weighted by Gasteiger charge is -2.14. The van der Waals surface area contributed by atoms with Crippen LogP contribution < -0.4 is 10.6 Å². The molecular formula is C18H19ClN2O2S. The third-order valence-electron chi connectivity index (χ3n) is 4.03. The molecule has 0 aliphatic carbocycles. The SMILES string of the molecule is CC(C)C(=O)Nc1sc2c(c1C(=O)c1ccccc1Cl)CCNC2. The quantitative estimate of drug-likeness (QED) is 0.811. The van der Waals surface area contributed by atoms with Crippen molar-refractivity contribution in [1.29, 1.82) is 0 Å². The number of benzene rings is 1. The molecule has 1 aromatic carbocycles. The molecule has 0 spiro atoms. The van der Waals surface area contributed by atoms with Gasteiger partial charge in [0.2, 0.25) is 5.91 Å². The lowest BCUT2D eigenvalue weighted by molar-refractivity contribution is -0.118. The van der Waals surface area contributed by atoms with Gasteiger partial charge in [0.25, 0.3) is 0 Å². The van der Waals surface area contributed by atoms with Crippen molar-refractivity contribution in [2.45, 2.75) is 26.8 Å². The van der Waals surface area contributed by atoms with Crippen LogP contribution in [0.2, 0.25) is 5.02 Å². The topological polar surface area (TPSA) is 58.2 Å². The number of anilines is 1. The molecule has 0 unspecified atom stereocenters. The first kappa shape index (κ1) is 17.1. The Morgan fingerprint density at radius 2 is 2.04 bits per heavy atom. The first-order chi connectivity index (χ1) is 11.5. The summed E-state index contributed by atoms with van der Waals surface area (Å²) >= 11 is 7.69. The predicted octanol–water partition coefficient (Wildman–Crippen LogP) is 3.87. The molecule has 6 heteroatoms. The first-order valence-corrected chi connectivity index (χ1v) is 9.13. The van der Waals surface area contributed by atoms with Crippen molar-refractivity contribution in [2.24, 2.45) is 5.92 Å². The molecule has 2 aromatic rings. The van der Waals surface area contributed by atoms with E-state index in [1.807, 2.05) is 13.8 Å². The fraction of sp³-hybridized carbons (Fsp3) is 0.333. The second-order valence-electron chi connectivity index (χ2n) is 6.09. The Morgan fingerprint density at radius 3 is 2.75 bits per heavy atom. The molecule has 1 aliphatic rings. The molecule has 1 aliphatic heterocycles. The van der Waals surface area contributed by atoms with Crippen LogP contribution in [0.1, 0.15) is 40.2 Å². The number of amides is 1. The highest BCUT2D eigenvalue weighted by Gasteiger charge is 2.28. The van der Waals surface area contributed by atoms with Crippen molar-refractivity contribution >= 4 is 39.6 Å². The molecule has 1 amide bonds. The molecule has 24 heavy (non-hydrogen) atoms. The minimum atomic E-state index is -0.148. The Labute approximate surface area is 150 Å². The van der Waals surface area contributed by atoms with Gasteiger partial charge in [0.05, 0.1) is 10.6 Å². The maximum atomic E-state index is 13.1. The van der Waals surface area contributed by atoms with Crippen LogP contribution in [0.25, 0.3) is 0 Å². The molecule has 0 radical (unpaired) electrons. The average Bonchev–Trinajstić information content (AvgIpc) is 2.92. The van der Waals surface area contributed by atoms with Crippen LogP contribution in [0.15, 0.2) is 24.3 Å². The normalized spacial score (nSPS) is 13.7. The summed E-state index contributed by atoms with van der Waals surface area (Å²) in [4.78, 5) is 26.4. The summed E-state index contributed by atoms with van der Waals surface area (Å²) in [6.07, 6.45) is 0.773. The van der Waals surface area contributed by atoms with E-state index in [-0.39, 0.29) is 17.6 Å². The number of nitrogens with one attached hydrogen (secondary N) is 2. The zero-order valence-electron chi connectivity index (χ0n) is 13.6. The van der Waals surface area contributed by atoms with Gasteiger partial charge in [-0.1, -0.05) is 37.6 Å². The zero-order chi connectivity index (χ0) is 17.3. The average molecular weight is 363 g/mol. The van der Waals surface area contributed by atoms with Crippen LogP contribution >= 0.6 is 22.9 Å². The van der Waals surface area contributed by atoms with Gasteiger partial charge in [-0.15, -0.1) is 11.3 Å². The number of thiophene rings is 1.